The van der Waals surface area contributed by atoms with E-state index in [-0.39, 0.29) is 18.8 Å². The van der Waals surface area contributed by atoms with E-state index in [1.54, 1.807) is 6.92 Å². The molecule has 0 aliphatic rings. The summed E-state index contributed by atoms with van der Waals surface area (Å²) >= 11 is 0. The second-order valence-corrected chi connectivity index (χ2v) is 3.67. The van der Waals surface area contributed by atoms with Crippen molar-refractivity contribution in [2.24, 2.45) is 0 Å². The molecule has 0 saturated carbocycles. The highest BCUT2D eigenvalue weighted by atomic mass is 16.5. The van der Waals surface area contributed by atoms with Gasteiger partial charge in [0.1, 0.15) is 12.2 Å². The molecule has 17 heavy (non-hydrogen) atoms. The third-order valence-electron chi connectivity index (χ3n) is 2.24. The van der Waals surface area contributed by atoms with E-state index < -0.39 is 24.6 Å². The van der Waals surface area contributed by atoms with Gasteiger partial charge < -0.3 is 20.1 Å². The lowest BCUT2D eigenvalue weighted by atomic mass is 10.0. The van der Waals surface area contributed by atoms with Gasteiger partial charge in [-0.15, -0.1) is 0 Å². The molecule has 0 rings (SSSR count). The first kappa shape index (κ1) is 16.0. The third-order valence-corrected chi connectivity index (χ3v) is 2.24. The number of carbonyl (C=O) groups excluding carboxylic acids is 2. The molecule has 3 N–H and O–H groups in total. The van der Waals surface area contributed by atoms with E-state index in [0.717, 1.165) is 0 Å². The summed E-state index contributed by atoms with van der Waals surface area (Å²) in [7, 11) is 0. The Morgan fingerprint density at radius 3 is 2.29 bits per heavy atom. The number of Topliss-reactive ketones (excluding diaryl/α,β-unsaturated/α-hetero) is 1. The predicted octanol–water partition coefficient (Wildman–Crippen LogP) is -0.607. The quantitative estimate of drug-likeness (QED) is 0.371. The molecule has 0 heterocycles. The normalized spacial score (nSPS) is 14.1. The lowest BCUT2D eigenvalue weighted by Gasteiger charge is -2.13. The number of carbonyl (C=O) groups is 2. The fourth-order valence-corrected chi connectivity index (χ4v) is 1.26. The van der Waals surface area contributed by atoms with Gasteiger partial charge in [0.25, 0.3) is 0 Å². The second-order valence-electron chi connectivity index (χ2n) is 3.67. The zero-order chi connectivity index (χ0) is 13.3. The van der Waals surface area contributed by atoms with Crippen LogP contribution in [-0.4, -0.2) is 52.5 Å². The highest BCUT2D eigenvalue weighted by Gasteiger charge is 2.22. The van der Waals surface area contributed by atoms with Crippen molar-refractivity contribution in [2.45, 2.75) is 44.8 Å². The molecule has 0 unspecified atom stereocenters. The van der Waals surface area contributed by atoms with Crippen LogP contribution in [0.1, 0.15) is 32.6 Å². The lowest BCUT2D eigenvalue weighted by Crippen LogP contribution is -2.36. The van der Waals surface area contributed by atoms with Crippen LogP contribution in [0.3, 0.4) is 0 Å². The fraction of sp³-hybridized carbons (Fsp3) is 0.818. The van der Waals surface area contributed by atoms with E-state index >= 15 is 0 Å². The molecule has 100 valence electrons. The van der Waals surface area contributed by atoms with Gasteiger partial charge in [-0.2, -0.15) is 0 Å². The molecule has 0 amide bonds. The molecule has 0 bridgehead atoms. The van der Waals surface area contributed by atoms with Crippen LogP contribution < -0.4 is 0 Å². The van der Waals surface area contributed by atoms with Gasteiger partial charge >= 0.3 is 5.97 Å². The molecule has 0 spiro atoms. The zero-order valence-electron chi connectivity index (χ0n) is 9.96. The van der Waals surface area contributed by atoms with Crippen molar-refractivity contribution in [1.29, 1.82) is 0 Å². The van der Waals surface area contributed by atoms with Gasteiger partial charge in [0.2, 0.25) is 0 Å². The van der Waals surface area contributed by atoms with Crippen molar-refractivity contribution >= 4 is 11.8 Å². The first-order chi connectivity index (χ1) is 8.02. The number of rotatable bonds is 9. The summed E-state index contributed by atoms with van der Waals surface area (Å²) in [5.74, 6) is -0.841. The topological polar surface area (TPSA) is 104 Å². The predicted molar refractivity (Wildman–Crippen MR) is 59.2 cm³/mol. The molecule has 6 nitrogen and oxygen atoms in total. The Balaban J connectivity index is 3.68. The average molecular weight is 248 g/mol. The molecule has 0 aromatic rings. The molecule has 0 aliphatic carbocycles. The minimum atomic E-state index is -1.55. The summed E-state index contributed by atoms with van der Waals surface area (Å²) in [4.78, 5) is 22.2. The van der Waals surface area contributed by atoms with E-state index in [0.29, 0.717) is 19.4 Å². The Morgan fingerprint density at radius 1 is 1.18 bits per heavy atom. The number of esters is 1. The maximum absolute atomic E-state index is 11.3. The number of hydrogen-bond donors (Lipinski definition) is 3. The van der Waals surface area contributed by atoms with Gasteiger partial charge in [0.15, 0.2) is 5.78 Å². The van der Waals surface area contributed by atoms with E-state index in [4.69, 9.17) is 14.9 Å². The Morgan fingerprint density at radius 2 is 1.76 bits per heavy atom. The summed E-state index contributed by atoms with van der Waals surface area (Å²) in [5.41, 5.74) is 0. The summed E-state index contributed by atoms with van der Waals surface area (Å²) in [6.45, 7) is 1.39. The molecular weight excluding hydrogens is 228 g/mol. The van der Waals surface area contributed by atoms with Crippen LogP contribution in [0.5, 0.6) is 0 Å². The number of aliphatic hydroxyl groups excluding tert-OH is 3. The van der Waals surface area contributed by atoms with Crippen molar-refractivity contribution in [2.75, 3.05) is 13.2 Å². The summed E-state index contributed by atoms with van der Waals surface area (Å²) in [5, 5.41) is 26.8. The van der Waals surface area contributed by atoms with Crippen molar-refractivity contribution < 1.29 is 29.6 Å². The largest absolute Gasteiger partial charge is 0.466 e. The monoisotopic (exact) mass is 248 g/mol. The van der Waals surface area contributed by atoms with Crippen LogP contribution in [0.15, 0.2) is 0 Å². The minimum absolute atomic E-state index is 0.0671. The molecule has 2 atom stereocenters. The third kappa shape index (κ3) is 7.04. The van der Waals surface area contributed by atoms with Gasteiger partial charge in [0.05, 0.1) is 13.2 Å². The summed E-state index contributed by atoms with van der Waals surface area (Å²) < 4.78 is 4.71. The number of ether oxygens (including phenoxy) is 1. The van der Waals surface area contributed by atoms with E-state index in [1.807, 2.05) is 0 Å². The highest BCUT2D eigenvalue weighted by Crippen LogP contribution is 2.06. The van der Waals surface area contributed by atoms with Crippen LogP contribution >= 0.6 is 0 Å². The smallest absolute Gasteiger partial charge is 0.305 e. The van der Waals surface area contributed by atoms with Gasteiger partial charge in [-0.3, -0.25) is 9.59 Å². The van der Waals surface area contributed by atoms with Crippen LogP contribution in [0.25, 0.3) is 0 Å². The standard InChI is InChI=1S/C11H20O6/c1-2-17-10(15)6-4-3-5-8(13)11(16)9(14)7-12/h9,11-12,14,16H,2-7H2,1H3/t9-,11+/m1/s1. The molecular formula is C11H20O6. The maximum atomic E-state index is 11.3. The van der Waals surface area contributed by atoms with Crippen molar-refractivity contribution in [3.63, 3.8) is 0 Å². The Kier molecular flexibility index (Phi) is 8.57. The summed E-state index contributed by atoms with van der Waals surface area (Å²) in [6.07, 6.45) is -1.76. The molecule has 6 heteroatoms. The van der Waals surface area contributed by atoms with Crippen LogP contribution in [0.4, 0.5) is 0 Å². The van der Waals surface area contributed by atoms with Gasteiger partial charge in [-0.05, 0) is 19.8 Å². The fourth-order valence-electron chi connectivity index (χ4n) is 1.26. The van der Waals surface area contributed by atoms with Crippen LogP contribution in [-0.2, 0) is 14.3 Å². The van der Waals surface area contributed by atoms with Gasteiger partial charge in [-0.1, -0.05) is 0 Å². The van der Waals surface area contributed by atoms with Crippen LogP contribution in [0, 0.1) is 0 Å². The van der Waals surface area contributed by atoms with Crippen molar-refractivity contribution in [3.8, 4) is 0 Å². The molecule has 0 aromatic heterocycles. The Bertz CT molecular complexity index is 240. The Hall–Kier alpha value is -0.980. The molecule has 0 aliphatic heterocycles. The van der Waals surface area contributed by atoms with E-state index in [2.05, 4.69) is 0 Å². The molecule has 0 aromatic carbocycles. The van der Waals surface area contributed by atoms with Gasteiger partial charge in [0, 0.05) is 12.8 Å². The number of unbranched alkanes of at least 4 members (excludes halogenated alkanes) is 1. The second kappa shape index (κ2) is 9.09. The first-order valence-corrected chi connectivity index (χ1v) is 5.68. The minimum Gasteiger partial charge on any atom is -0.466 e. The van der Waals surface area contributed by atoms with Crippen molar-refractivity contribution in [3.05, 3.63) is 0 Å². The molecule has 0 radical (unpaired) electrons. The SMILES string of the molecule is CCOC(=O)CCCCC(=O)[C@H](O)[C@H](O)CO. The number of aliphatic hydroxyl groups is 3. The highest BCUT2D eigenvalue weighted by molar-refractivity contribution is 5.83. The average Bonchev–Trinajstić information content (AvgIpc) is 2.32. The Labute approximate surface area is 100 Å². The number of ketones is 1. The van der Waals surface area contributed by atoms with Gasteiger partial charge in [-0.25, -0.2) is 0 Å². The van der Waals surface area contributed by atoms with E-state index in [1.165, 1.54) is 0 Å². The maximum Gasteiger partial charge on any atom is 0.305 e. The number of hydrogen-bond acceptors (Lipinski definition) is 6. The lowest BCUT2D eigenvalue weighted by molar-refractivity contribution is -0.143. The molecule has 0 saturated heterocycles. The summed E-state index contributed by atoms with van der Waals surface area (Å²) in [6, 6.07) is 0. The first-order valence-electron chi connectivity index (χ1n) is 5.68. The van der Waals surface area contributed by atoms with Crippen molar-refractivity contribution in [1.82, 2.24) is 0 Å². The molecule has 0 fully saturated rings. The van der Waals surface area contributed by atoms with Crippen LogP contribution in [0.2, 0.25) is 0 Å². The zero-order valence-corrected chi connectivity index (χ0v) is 9.96. The van der Waals surface area contributed by atoms with E-state index in [9.17, 15) is 14.7 Å².